The highest BCUT2D eigenvalue weighted by Crippen LogP contribution is 2.32. The lowest BCUT2D eigenvalue weighted by Crippen LogP contribution is -2.39. The summed E-state index contributed by atoms with van der Waals surface area (Å²) in [6.07, 6.45) is 1.80. The minimum Gasteiger partial charge on any atom is -0.486 e. The van der Waals surface area contributed by atoms with Crippen molar-refractivity contribution in [3.05, 3.63) is 36.0 Å². The molecule has 1 aromatic carbocycles. The molecule has 4 rings (SSSR count). The van der Waals surface area contributed by atoms with Crippen LogP contribution in [0.2, 0.25) is 0 Å². The summed E-state index contributed by atoms with van der Waals surface area (Å²) in [6.45, 7) is 4.92. The number of anilines is 1. The van der Waals surface area contributed by atoms with Crippen molar-refractivity contribution in [2.75, 3.05) is 37.7 Å². The lowest BCUT2D eigenvalue weighted by molar-refractivity contribution is 0.171. The Balaban J connectivity index is 1.32. The molecule has 0 unspecified atom stereocenters. The number of rotatable bonds is 5. The molecule has 0 amide bonds. The summed E-state index contributed by atoms with van der Waals surface area (Å²) in [5, 5.41) is 8.33. The van der Waals surface area contributed by atoms with Gasteiger partial charge in [0.1, 0.15) is 13.2 Å². The molecule has 0 radical (unpaired) electrons. The molecular weight excluding hydrogens is 380 g/mol. The van der Waals surface area contributed by atoms with Gasteiger partial charge in [0.05, 0.1) is 10.6 Å². The van der Waals surface area contributed by atoms with Gasteiger partial charge < -0.3 is 14.4 Å². The lowest BCUT2D eigenvalue weighted by Gasteiger charge is -2.32. The van der Waals surface area contributed by atoms with E-state index < -0.39 is 10.0 Å². The molecule has 0 atom stereocenters. The summed E-state index contributed by atoms with van der Waals surface area (Å²) >= 11 is 0. The second-order valence-electron chi connectivity index (χ2n) is 7.12. The van der Waals surface area contributed by atoms with E-state index in [1.807, 2.05) is 19.1 Å². The molecule has 150 valence electrons. The highest BCUT2D eigenvalue weighted by molar-refractivity contribution is 7.89. The molecule has 8 nitrogen and oxygen atoms in total. The summed E-state index contributed by atoms with van der Waals surface area (Å²) in [5.41, 5.74) is 0.896. The number of nitrogens with one attached hydrogen (secondary N) is 1. The topological polar surface area (TPSA) is 93.7 Å². The van der Waals surface area contributed by atoms with Gasteiger partial charge in [0, 0.05) is 25.7 Å². The van der Waals surface area contributed by atoms with Crippen LogP contribution in [0.25, 0.3) is 0 Å². The number of sulfonamides is 1. The molecule has 3 heterocycles. The molecule has 0 bridgehead atoms. The smallest absolute Gasteiger partial charge is 0.240 e. The molecule has 2 aliphatic rings. The second kappa shape index (κ2) is 7.92. The van der Waals surface area contributed by atoms with E-state index in [0.29, 0.717) is 37.2 Å². The van der Waals surface area contributed by atoms with Crippen LogP contribution >= 0.6 is 0 Å². The Hall–Kier alpha value is -2.39. The molecule has 0 spiro atoms. The average molecular weight is 404 g/mol. The van der Waals surface area contributed by atoms with E-state index in [-0.39, 0.29) is 4.90 Å². The third-order valence-corrected chi connectivity index (χ3v) is 6.53. The zero-order chi connectivity index (χ0) is 19.6. The predicted octanol–water partition coefficient (Wildman–Crippen LogP) is 1.75. The maximum absolute atomic E-state index is 12.6. The van der Waals surface area contributed by atoms with Gasteiger partial charge in [0.25, 0.3) is 0 Å². The summed E-state index contributed by atoms with van der Waals surface area (Å²) in [4.78, 5) is 2.39. The summed E-state index contributed by atoms with van der Waals surface area (Å²) in [6, 6.07) is 8.65. The third-order valence-electron chi connectivity index (χ3n) is 5.11. The molecule has 1 fully saturated rings. The van der Waals surface area contributed by atoms with Gasteiger partial charge in [-0.2, -0.15) is 5.10 Å². The van der Waals surface area contributed by atoms with Crippen molar-refractivity contribution >= 4 is 15.8 Å². The molecular formula is C19H24N4O4S. The molecule has 2 aliphatic heterocycles. The van der Waals surface area contributed by atoms with Gasteiger partial charge in [-0.15, -0.1) is 5.10 Å². The minimum atomic E-state index is -3.59. The Kier molecular flexibility index (Phi) is 5.36. The van der Waals surface area contributed by atoms with Crippen LogP contribution in [0.15, 0.2) is 35.2 Å². The van der Waals surface area contributed by atoms with Crippen molar-refractivity contribution in [1.82, 2.24) is 14.9 Å². The number of piperidine rings is 1. The zero-order valence-corrected chi connectivity index (χ0v) is 16.6. The Bertz CT molecular complexity index is 925. The molecule has 2 aromatic rings. The Morgan fingerprint density at radius 3 is 2.54 bits per heavy atom. The van der Waals surface area contributed by atoms with E-state index in [9.17, 15) is 8.42 Å². The lowest BCUT2D eigenvalue weighted by atomic mass is 9.97. The number of benzene rings is 1. The summed E-state index contributed by atoms with van der Waals surface area (Å²) in [5.74, 6) is 2.22. The number of aryl methyl sites for hydroxylation is 1. The van der Waals surface area contributed by atoms with E-state index in [0.717, 1.165) is 37.4 Å². The van der Waals surface area contributed by atoms with Crippen LogP contribution in [-0.4, -0.2) is 51.5 Å². The number of fused-ring (bicyclic) bond motifs is 1. The fourth-order valence-corrected chi connectivity index (χ4v) is 4.56. The van der Waals surface area contributed by atoms with Crippen molar-refractivity contribution in [2.45, 2.75) is 24.7 Å². The molecule has 9 heteroatoms. The van der Waals surface area contributed by atoms with Gasteiger partial charge in [0.15, 0.2) is 17.3 Å². The normalized spacial score (nSPS) is 17.5. The number of aromatic nitrogens is 2. The van der Waals surface area contributed by atoms with Crippen LogP contribution in [-0.2, 0) is 10.0 Å². The Morgan fingerprint density at radius 2 is 1.82 bits per heavy atom. The molecule has 28 heavy (non-hydrogen) atoms. The highest BCUT2D eigenvalue weighted by Gasteiger charge is 2.24. The quantitative estimate of drug-likeness (QED) is 0.811. The molecule has 0 aliphatic carbocycles. The maximum atomic E-state index is 12.6. The van der Waals surface area contributed by atoms with Crippen molar-refractivity contribution in [3.8, 4) is 11.5 Å². The van der Waals surface area contributed by atoms with E-state index in [4.69, 9.17) is 9.47 Å². The van der Waals surface area contributed by atoms with E-state index in [1.165, 1.54) is 6.07 Å². The van der Waals surface area contributed by atoms with Gasteiger partial charge in [-0.05, 0) is 49.9 Å². The first kappa shape index (κ1) is 18.9. The van der Waals surface area contributed by atoms with Crippen LogP contribution in [0.3, 0.4) is 0 Å². The maximum Gasteiger partial charge on any atom is 0.240 e. The number of hydrogen-bond acceptors (Lipinski definition) is 7. The van der Waals surface area contributed by atoms with Crippen molar-refractivity contribution < 1.29 is 17.9 Å². The fraction of sp³-hybridized carbons (Fsp3) is 0.474. The first-order valence-electron chi connectivity index (χ1n) is 9.46. The predicted molar refractivity (Wildman–Crippen MR) is 104 cm³/mol. The molecule has 1 aromatic heterocycles. The van der Waals surface area contributed by atoms with E-state index >= 15 is 0 Å². The zero-order valence-electron chi connectivity index (χ0n) is 15.8. The Morgan fingerprint density at radius 1 is 1.07 bits per heavy atom. The highest BCUT2D eigenvalue weighted by atomic mass is 32.2. The SMILES string of the molecule is Cc1ccc(N2CCC(CNS(=O)(=O)c3ccc4c(c3)OCCO4)CC2)nn1. The fourth-order valence-electron chi connectivity index (χ4n) is 3.43. The average Bonchev–Trinajstić information content (AvgIpc) is 2.73. The Labute approximate surface area is 164 Å². The van der Waals surface area contributed by atoms with Crippen LogP contribution in [0.1, 0.15) is 18.5 Å². The first-order valence-corrected chi connectivity index (χ1v) is 10.9. The molecule has 1 N–H and O–H groups in total. The van der Waals surface area contributed by atoms with Crippen LogP contribution in [0, 0.1) is 12.8 Å². The molecule has 1 saturated heterocycles. The monoisotopic (exact) mass is 404 g/mol. The van der Waals surface area contributed by atoms with Crippen LogP contribution < -0.4 is 19.1 Å². The minimum absolute atomic E-state index is 0.198. The number of ether oxygens (including phenoxy) is 2. The van der Waals surface area contributed by atoms with Crippen molar-refractivity contribution in [1.29, 1.82) is 0 Å². The second-order valence-corrected chi connectivity index (χ2v) is 8.89. The van der Waals surface area contributed by atoms with Gasteiger partial charge in [-0.25, -0.2) is 13.1 Å². The first-order chi connectivity index (χ1) is 13.5. The third kappa shape index (κ3) is 4.20. The van der Waals surface area contributed by atoms with E-state index in [1.54, 1.807) is 12.1 Å². The largest absolute Gasteiger partial charge is 0.486 e. The van der Waals surface area contributed by atoms with Crippen molar-refractivity contribution in [2.24, 2.45) is 5.92 Å². The number of nitrogens with zero attached hydrogens (tertiary/aromatic N) is 3. The van der Waals surface area contributed by atoms with Gasteiger partial charge in [-0.1, -0.05) is 0 Å². The number of hydrogen-bond donors (Lipinski definition) is 1. The van der Waals surface area contributed by atoms with E-state index in [2.05, 4.69) is 19.8 Å². The van der Waals surface area contributed by atoms with Crippen LogP contribution in [0.4, 0.5) is 5.82 Å². The van der Waals surface area contributed by atoms with Crippen LogP contribution in [0.5, 0.6) is 11.5 Å². The van der Waals surface area contributed by atoms with Gasteiger partial charge in [0.2, 0.25) is 10.0 Å². The summed E-state index contributed by atoms with van der Waals surface area (Å²) in [7, 11) is -3.59. The van der Waals surface area contributed by atoms with Crippen molar-refractivity contribution in [3.63, 3.8) is 0 Å². The van der Waals surface area contributed by atoms with Gasteiger partial charge in [-0.3, -0.25) is 0 Å². The summed E-state index contributed by atoms with van der Waals surface area (Å²) < 4.78 is 39.0. The van der Waals surface area contributed by atoms with Gasteiger partial charge >= 0.3 is 0 Å². The molecule has 0 saturated carbocycles. The standard InChI is InChI=1S/C19H24N4O4S/c1-14-2-5-19(22-21-14)23-8-6-15(7-9-23)13-20-28(24,25)16-3-4-17-18(12-16)27-11-10-26-17/h2-5,12,15,20H,6-11,13H2,1H3.